The Balaban J connectivity index is 1.77. The lowest BCUT2D eigenvalue weighted by Gasteiger charge is -2.34. The number of sulfonamides is 1. The van der Waals surface area contributed by atoms with Gasteiger partial charge in [0.15, 0.2) is 5.75 Å². The van der Waals surface area contributed by atoms with Gasteiger partial charge in [0.25, 0.3) is 5.91 Å². The summed E-state index contributed by atoms with van der Waals surface area (Å²) < 4.78 is 34.4. The molecule has 0 spiro atoms. The van der Waals surface area contributed by atoms with Gasteiger partial charge in [-0.15, -0.1) is 0 Å². The largest absolute Gasteiger partial charge is 0.490 e. The number of rotatable bonds is 6. The van der Waals surface area contributed by atoms with Crippen molar-refractivity contribution in [3.63, 3.8) is 0 Å². The van der Waals surface area contributed by atoms with Gasteiger partial charge in [0.05, 0.1) is 22.5 Å². The van der Waals surface area contributed by atoms with Gasteiger partial charge >= 0.3 is 5.69 Å². The molecule has 1 saturated heterocycles. The van der Waals surface area contributed by atoms with Crippen LogP contribution in [0, 0.1) is 24.0 Å². The zero-order chi connectivity index (χ0) is 23.8. The highest BCUT2D eigenvalue weighted by molar-refractivity contribution is 7.89. The van der Waals surface area contributed by atoms with Crippen molar-refractivity contribution in [1.82, 2.24) is 13.8 Å². The first-order valence-corrected chi connectivity index (χ1v) is 11.7. The molecule has 0 unspecified atom stereocenters. The van der Waals surface area contributed by atoms with Crippen LogP contribution in [0.4, 0.5) is 5.69 Å². The molecule has 1 aromatic heterocycles. The second-order valence-corrected chi connectivity index (χ2v) is 9.97. The molecule has 1 aliphatic heterocycles. The Kier molecular flexibility index (Phi) is 6.61. The number of methoxy groups -OCH3 is 1. The summed E-state index contributed by atoms with van der Waals surface area (Å²) in [5.41, 5.74) is 2.10. The van der Waals surface area contributed by atoms with Gasteiger partial charge in [-0.25, -0.2) is 8.42 Å². The molecule has 0 radical (unpaired) electrons. The van der Waals surface area contributed by atoms with E-state index in [1.807, 2.05) is 19.9 Å². The van der Waals surface area contributed by atoms with E-state index in [2.05, 4.69) is 18.4 Å². The minimum Gasteiger partial charge on any atom is -0.490 e. The van der Waals surface area contributed by atoms with E-state index < -0.39 is 20.6 Å². The number of hydrogen-bond donors (Lipinski definition) is 0. The summed E-state index contributed by atoms with van der Waals surface area (Å²) in [4.78, 5) is 25.1. The van der Waals surface area contributed by atoms with E-state index in [-0.39, 0.29) is 48.8 Å². The van der Waals surface area contributed by atoms with Crippen molar-refractivity contribution in [1.29, 1.82) is 0 Å². The SMILES string of the molecule is COc1ccc(S(=O)(=O)N2CCN(C(=O)c3cc(C)n(C(C)C)c3C)CC2)cc1[N+](=O)[O-]. The van der Waals surface area contributed by atoms with Gasteiger partial charge in [0.2, 0.25) is 10.0 Å². The number of aromatic nitrogens is 1. The summed E-state index contributed by atoms with van der Waals surface area (Å²) in [6.07, 6.45) is 0. The van der Waals surface area contributed by atoms with Crippen LogP contribution in [0.1, 0.15) is 41.6 Å². The number of nitro groups is 1. The highest BCUT2D eigenvalue weighted by Crippen LogP contribution is 2.31. The molecule has 0 bridgehead atoms. The number of nitro benzene ring substituents is 1. The fourth-order valence-corrected chi connectivity index (χ4v) is 5.65. The smallest absolute Gasteiger partial charge is 0.312 e. The molecular weight excluding hydrogens is 436 g/mol. The lowest BCUT2D eigenvalue weighted by atomic mass is 10.2. The average molecular weight is 465 g/mol. The van der Waals surface area contributed by atoms with Gasteiger partial charge < -0.3 is 14.2 Å². The molecule has 3 rings (SSSR count). The van der Waals surface area contributed by atoms with Crippen molar-refractivity contribution in [2.75, 3.05) is 33.3 Å². The number of benzene rings is 1. The molecule has 0 saturated carbocycles. The third kappa shape index (κ3) is 4.22. The average Bonchev–Trinajstić information content (AvgIpc) is 3.06. The molecule has 32 heavy (non-hydrogen) atoms. The summed E-state index contributed by atoms with van der Waals surface area (Å²) in [6, 6.07) is 5.67. The first kappa shape index (κ1) is 23.7. The Morgan fingerprint density at radius 2 is 1.75 bits per heavy atom. The minimum atomic E-state index is -3.95. The Morgan fingerprint density at radius 3 is 2.25 bits per heavy atom. The fourth-order valence-electron chi connectivity index (χ4n) is 4.21. The number of nitrogens with zero attached hydrogens (tertiary/aromatic N) is 4. The predicted octanol–water partition coefficient (Wildman–Crippen LogP) is 2.75. The van der Waals surface area contributed by atoms with Gasteiger partial charge in [0.1, 0.15) is 0 Å². The van der Waals surface area contributed by atoms with Crippen molar-refractivity contribution < 1.29 is 22.9 Å². The monoisotopic (exact) mass is 464 g/mol. The Bertz CT molecular complexity index is 1150. The zero-order valence-electron chi connectivity index (χ0n) is 18.9. The Labute approximate surface area is 187 Å². The maximum absolute atomic E-state index is 13.1. The van der Waals surface area contributed by atoms with Crippen LogP contribution in [-0.2, 0) is 10.0 Å². The van der Waals surface area contributed by atoms with Crippen molar-refractivity contribution in [2.45, 2.75) is 38.6 Å². The number of aryl methyl sites for hydroxylation is 1. The van der Waals surface area contributed by atoms with Crippen molar-refractivity contribution in [3.05, 3.63) is 51.3 Å². The van der Waals surface area contributed by atoms with Crippen LogP contribution in [-0.4, -0.2) is 66.3 Å². The van der Waals surface area contributed by atoms with Crippen LogP contribution in [0.3, 0.4) is 0 Å². The molecule has 1 fully saturated rings. The number of carbonyl (C=O) groups is 1. The van der Waals surface area contributed by atoms with Crippen LogP contribution in [0.2, 0.25) is 0 Å². The molecular formula is C21H28N4O6S. The van der Waals surface area contributed by atoms with Crippen molar-refractivity contribution >= 4 is 21.6 Å². The highest BCUT2D eigenvalue weighted by Gasteiger charge is 2.33. The number of hydrogen-bond acceptors (Lipinski definition) is 6. The summed E-state index contributed by atoms with van der Waals surface area (Å²) in [5, 5.41) is 11.3. The topological polar surface area (TPSA) is 115 Å². The molecule has 11 heteroatoms. The molecule has 0 atom stereocenters. The van der Waals surface area contributed by atoms with Crippen LogP contribution in [0.25, 0.3) is 0 Å². The third-order valence-electron chi connectivity index (χ3n) is 5.74. The summed E-state index contributed by atoms with van der Waals surface area (Å²) in [7, 11) is -2.66. The van der Waals surface area contributed by atoms with Gasteiger partial charge in [-0.3, -0.25) is 14.9 Å². The molecule has 1 amide bonds. The number of carbonyl (C=O) groups excluding carboxylic acids is 1. The van der Waals surface area contributed by atoms with E-state index in [9.17, 15) is 23.3 Å². The van der Waals surface area contributed by atoms with Gasteiger partial charge in [0, 0.05) is 49.7 Å². The third-order valence-corrected chi connectivity index (χ3v) is 7.64. The minimum absolute atomic E-state index is 0.0108. The standard InChI is InChI=1S/C21H28N4O6S/c1-14(2)24-15(3)12-18(16(24)4)21(26)22-8-10-23(11-9-22)32(29,30)17-6-7-20(31-5)19(13-17)25(27)28/h6-7,12-14H,8-11H2,1-5H3. The second-order valence-electron chi connectivity index (χ2n) is 8.04. The number of piperazine rings is 1. The number of amides is 1. The van der Waals surface area contributed by atoms with E-state index in [0.717, 1.165) is 17.5 Å². The van der Waals surface area contributed by atoms with Crippen LogP contribution in [0.15, 0.2) is 29.2 Å². The maximum Gasteiger partial charge on any atom is 0.312 e. The van der Waals surface area contributed by atoms with E-state index in [1.54, 1.807) is 4.90 Å². The molecule has 0 N–H and O–H groups in total. The van der Waals surface area contributed by atoms with E-state index in [4.69, 9.17) is 4.74 Å². The van der Waals surface area contributed by atoms with E-state index >= 15 is 0 Å². The molecule has 10 nitrogen and oxygen atoms in total. The maximum atomic E-state index is 13.1. The second kappa shape index (κ2) is 8.91. The predicted molar refractivity (Wildman–Crippen MR) is 119 cm³/mol. The quantitative estimate of drug-likeness (QED) is 0.480. The molecule has 0 aliphatic carbocycles. The Morgan fingerprint density at radius 1 is 1.12 bits per heavy atom. The van der Waals surface area contributed by atoms with Crippen LogP contribution in [0.5, 0.6) is 5.75 Å². The number of ether oxygens (including phenoxy) is 1. The molecule has 2 heterocycles. The fraction of sp³-hybridized carbons (Fsp3) is 0.476. The van der Waals surface area contributed by atoms with E-state index in [1.165, 1.54) is 23.5 Å². The van der Waals surface area contributed by atoms with Gasteiger partial charge in [-0.2, -0.15) is 4.31 Å². The Hall–Kier alpha value is -2.92. The molecule has 1 aliphatic rings. The highest BCUT2D eigenvalue weighted by atomic mass is 32.2. The summed E-state index contributed by atoms with van der Waals surface area (Å²) in [5.74, 6) is -0.134. The van der Waals surface area contributed by atoms with Gasteiger partial charge in [-0.05, 0) is 45.9 Å². The zero-order valence-corrected chi connectivity index (χ0v) is 19.7. The van der Waals surface area contributed by atoms with Crippen LogP contribution >= 0.6 is 0 Å². The molecule has 2 aromatic rings. The first-order valence-electron chi connectivity index (χ1n) is 10.3. The first-order chi connectivity index (χ1) is 15.0. The van der Waals surface area contributed by atoms with Gasteiger partial charge in [-0.1, -0.05) is 0 Å². The molecule has 1 aromatic carbocycles. The normalized spacial score (nSPS) is 15.2. The lowest BCUT2D eigenvalue weighted by molar-refractivity contribution is -0.386. The lowest BCUT2D eigenvalue weighted by Crippen LogP contribution is -2.50. The van der Waals surface area contributed by atoms with Crippen molar-refractivity contribution in [2.24, 2.45) is 0 Å². The van der Waals surface area contributed by atoms with E-state index in [0.29, 0.717) is 5.56 Å². The molecule has 174 valence electrons. The summed E-state index contributed by atoms with van der Waals surface area (Å²) in [6.45, 7) is 8.68. The van der Waals surface area contributed by atoms with Crippen LogP contribution < -0.4 is 4.74 Å². The van der Waals surface area contributed by atoms with Crippen molar-refractivity contribution in [3.8, 4) is 5.75 Å². The summed E-state index contributed by atoms with van der Waals surface area (Å²) >= 11 is 0.